The van der Waals surface area contributed by atoms with E-state index in [-0.39, 0.29) is 21.9 Å². The lowest BCUT2D eigenvalue weighted by Crippen LogP contribution is -2.31. The first-order chi connectivity index (χ1) is 13.7. The molecule has 0 aliphatic rings. The summed E-state index contributed by atoms with van der Waals surface area (Å²) in [5, 5.41) is 5.62. The Morgan fingerprint density at radius 1 is 1.07 bits per heavy atom. The minimum atomic E-state index is -4.55. The molecule has 158 valence electrons. The molecule has 2 N–H and O–H groups in total. The van der Waals surface area contributed by atoms with Gasteiger partial charge in [0.15, 0.2) is 16.6 Å². The quantitative estimate of drug-likeness (QED) is 0.495. The summed E-state index contributed by atoms with van der Waals surface area (Å²) in [7, 11) is 0. The first-order valence-electron chi connectivity index (χ1n) is 8.99. The van der Waals surface area contributed by atoms with Gasteiger partial charge in [-0.15, -0.1) is 0 Å². The maximum absolute atomic E-state index is 13.0. The molecule has 0 saturated heterocycles. The molecule has 0 radical (unpaired) electrons. The fourth-order valence-corrected chi connectivity index (χ4v) is 3.12. The SMILES string of the molecule is CCOc1ccc([C@H](C)NC(=S)Nc2ccc(Cl)c(C(F)(F)F)c2)cc1OCC. The first kappa shape index (κ1) is 23.1. The third-order valence-electron chi connectivity index (χ3n) is 3.94. The molecule has 0 fully saturated rings. The van der Waals surface area contributed by atoms with Crippen molar-refractivity contribution >= 4 is 34.6 Å². The molecule has 0 aliphatic heterocycles. The van der Waals surface area contributed by atoms with E-state index in [1.165, 1.54) is 12.1 Å². The third-order valence-corrected chi connectivity index (χ3v) is 4.49. The minimum Gasteiger partial charge on any atom is -0.490 e. The molecule has 29 heavy (non-hydrogen) atoms. The van der Waals surface area contributed by atoms with Crippen LogP contribution in [-0.4, -0.2) is 18.3 Å². The average Bonchev–Trinajstić information content (AvgIpc) is 2.64. The van der Waals surface area contributed by atoms with Gasteiger partial charge in [-0.05, 0) is 68.9 Å². The number of benzene rings is 2. The van der Waals surface area contributed by atoms with Crippen molar-refractivity contribution in [1.29, 1.82) is 0 Å². The van der Waals surface area contributed by atoms with Gasteiger partial charge in [0.2, 0.25) is 0 Å². The molecular weight excluding hydrogens is 425 g/mol. The molecule has 0 unspecified atom stereocenters. The third kappa shape index (κ3) is 6.40. The fourth-order valence-electron chi connectivity index (χ4n) is 2.60. The van der Waals surface area contributed by atoms with E-state index in [1.807, 2.05) is 39.0 Å². The summed E-state index contributed by atoms with van der Waals surface area (Å²) < 4.78 is 50.2. The molecule has 1 atom stereocenters. The zero-order valence-electron chi connectivity index (χ0n) is 16.2. The van der Waals surface area contributed by atoms with Gasteiger partial charge in [0.25, 0.3) is 0 Å². The van der Waals surface area contributed by atoms with E-state index in [0.717, 1.165) is 11.6 Å². The maximum atomic E-state index is 13.0. The van der Waals surface area contributed by atoms with Crippen molar-refractivity contribution in [2.45, 2.75) is 33.0 Å². The number of rotatable bonds is 7. The van der Waals surface area contributed by atoms with E-state index < -0.39 is 11.7 Å². The van der Waals surface area contributed by atoms with E-state index in [4.69, 9.17) is 33.3 Å². The lowest BCUT2D eigenvalue weighted by atomic mass is 10.1. The summed E-state index contributed by atoms with van der Waals surface area (Å²) in [5.74, 6) is 1.26. The maximum Gasteiger partial charge on any atom is 0.417 e. The lowest BCUT2D eigenvalue weighted by molar-refractivity contribution is -0.137. The van der Waals surface area contributed by atoms with Crippen LogP contribution in [0.3, 0.4) is 0 Å². The molecule has 0 amide bonds. The van der Waals surface area contributed by atoms with Crippen LogP contribution in [0.15, 0.2) is 36.4 Å². The van der Waals surface area contributed by atoms with Crippen molar-refractivity contribution < 1.29 is 22.6 Å². The highest BCUT2D eigenvalue weighted by molar-refractivity contribution is 7.80. The second-order valence-corrected chi connectivity index (χ2v) is 6.90. The molecule has 4 nitrogen and oxygen atoms in total. The molecule has 0 spiro atoms. The predicted octanol–water partition coefficient (Wildman–Crippen LogP) is 6.20. The standard InChI is InChI=1S/C20H22ClF3N2O2S/c1-4-27-17-9-6-13(10-18(17)28-5-2)12(3)25-19(29)26-14-7-8-16(21)15(11-14)20(22,23)24/h6-12H,4-5H2,1-3H3,(H2,25,26,29)/t12-/m0/s1. The fraction of sp³-hybridized carbons (Fsp3) is 0.350. The lowest BCUT2D eigenvalue weighted by Gasteiger charge is -2.20. The zero-order valence-corrected chi connectivity index (χ0v) is 17.8. The highest BCUT2D eigenvalue weighted by Crippen LogP contribution is 2.36. The van der Waals surface area contributed by atoms with Gasteiger partial charge in [-0.2, -0.15) is 13.2 Å². The van der Waals surface area contributed by atoms with E-state index in [2.05, 4.69) is 10.6 Å². The van der Waals surface area contributed by atoms with Gasteiger partial charge in [-0.1, -0.05) is 17.7 Å². The van der Waals surface area contributed by atoms with E-state index in [9.17, 15) is 13.2 Å². The normalized spacial score (nSPS) is 12.2. The van der Waals surface area contributed by atoms with Crippen molar-refractivity contribution in [1.82, 2.24) is 5.32 Å². The summed E-state index contributed by atoms with van der Waals surface area (Å²) in [6, 6.07) is 8.84. The van der Waals surface area contributed by atoms with Crippen LogP contribution in [0.2, 0.25) is 5.02 Å². The van der Waals surface area contributed by atoms with Crippen molar-refractivity contribution in [3.63, 3.8) is 0 Å². The Morgan fingerprint density at radius 2 is 1.72 bits per heavy atom. The Morgan fingerprint density at radius 3 is 2.34 bits per heavy atom. The largest absolute Gasteiger partial charge is 0.490 e. The summed E-state index contributed by atoms with van der Waals surface area (Å²) in [6.07, 6.45) is -4.55. The number of halogens is 4. The molecule has 0 aliphatic carbocycles. The van der Waals surface area contributed by atoms with Crippen LogP contribution < -0.4 is 20.1 Å². The summed E-state index contributed by atoms with van der Waals surface area (Å²) in [6.45, 7) is 6.65. The molecule has 0 aromatic heterocycles. The van der Waals surface area contributed by atoms with Crippen molar-refractivity contribution in [3.8, 4) is 11.5 Å². The highest BCUT2D eigenvalue weighted by atomic mass is 35.5. The van der Waals surface area contributed by atoms with Crippen LogP contribution in [0.1, 0.15) is 37.9 Å². The van der Waals surface area contributed by atoms with Gasteiger partial charge in [0.1, 0.15) is 0 Å². The van der Waals surface area contributed by atoms with Crippen molar-refractivity contribution in [2.75, 3.05) is 18.5 Å². The van der Waals surface area contributed by atoms with Gasteiger partial charge in [0.05, 0.1) is 29.8 Å². The molecule has 9 heteroatoms. The Bertz CT molecular complexity index is 862. The van der Waals surface area contributed by atoms with Crippen LogP contribution in [0, 0.1) is 0 Å². The number of anilines is 1. The molecule has 2 aromatic rings. The van der Waals surface area contributed by atoms with E-state index in [1.54, 1.807) is 0 Å². The predicted molar refractivity (Wildman–Crippen MR) is 113 cm³/mol. The van der Waals surface area contributed by atoms with E-state index in [0.29, 0.717) is 24.7 Å². The van der Waals surface area contributed by atoms with E-state index >= 15 is 0 Å². The zero-order chi connectivity index (χ0) is 21.6. The number of thiocarbonyl (C=S) groups is 1. The minimum absolute atomic E-state index is 0.180. The van der Waals surface area contributed by atoms with Crippen LogP contribution in [0.4, 0.5) is 18.9 Å². The van der Waals surface area contributed by atoms with Gasteiger partial charge < -0.3 is 20.1 Å². The number of hydrogen-bond acceptors (Lipinski definition) is 3. The van der Waals surface area contributed by atoms with Crippen LogP contribution in [0.25, 0.3) is 0 Å². The molecular formula is C20H22ClF3N2O2S. The van der Waals surface area contributed by atoms with Crippen LogP contribution >= 0.6 is 23.8 Å². The number of nitrogens with one attached hydrogen (secondary N) is 2. The van der Waals surface area contributed by atoms with Crippen LogP contribution in [-0.2, 0) is 6.18 Å². The van der Waals surface area contributed by atoms with Crippen molar-refractivity contribution in [3.05, 3.63) is 52.5 Å². The average molecular weight is 447 g/mol. The van der Waals surface area contributed by atoms with Gasteiger partial charge >= 0.3 is 6.18 Å². The van der Waals surface area contributed by atoms with Crippen LogP contribution in [0.5, 0.6) is 11.5 Å². The first-order valence-corrected chi connectivity index (χ1v) is 9.78. The second-order valence-electron chi connectivity index (χ2n) is 6.08. The molecule has 0 saturated carbocycles. The van der Waals surface area contributed by atoms with Gasteiger partial charge in [0, 0.05) is 5.69 Å². The number of hydrogen-bond donors (Lipinski definition) is 2. The molecule has 0 heterocycles. The van der Waals surface area contributed by atoms with Crippen molar-refractivity contribution in [2.24, 2.45) is 0 Å². The number of alkyl halides is 3. The number of ether oxygens (including phenoxy) is 2. The smallest absolute Gasteiger partial charge is 0.417 e. The highest BCUT2D eigenvalue weighted by Gasteiger charge is 2.33. The Hall–Kier alpha value is -2.19. The molecule has 2 rings (SSSR count). The Labute approximate surface area is 178 Å². The summed E-state index contributed by atoms with van der Waals surface area (Å²) in [4.78, 5) is 0. The van der Waals surface area contributed by atoms with Gasteiger partial charge in [-0.25, -0.2) is 0 Å². The second kappa shape index (κ2) is 10.0. The summed E-state index contributed by atoms with van der Waals surface area (Å²) in [5.41, 5.74) is 0.147. The van der Waals surface area contributed by atoms with Gasteiger partial charge in [-0.3, -0.25) is 0 Å². The summed E-state index contributed by atoms with van der Waals surface area (Å²) >= 11 is 10.9. The molecule has 0 bridgehead atoms. The molecule has 2 aromatic carbocycles. The Kier molecular flexibility index (Phi) is 7.98. The monoisotopic (exact) mass is 446 g/mol. The Balaban J connectivity index is 2.10. The topological polar surface area (TPSA) is 42.5 Å².